The van der Waals surface area contributed by atoms with Gasteiger partial charge in [-0.25, -0.2) is 14.3 Å². The molecule has 20 heavy (non-hydrogen) atoms. The van der Waals surface area contributed by atoms with Crippen molar-refractivity contribution in [1.29, 1.82) is 5.26 Å². The highest BCUT2D eigenvalue weighted by molar-refractivity contribution is 7.89. The second-order valence-electron chi connectivity index (χ2n) is 3.87. The summed E-state index contributed by atoms with van der Waals surface area (Å²) >= 11 is 1.31. The Bertz CT molecular complexity index is 741. The minimum atomic E-state index is -3.77. The highest BCUT2D eigenvalue weighted by Crippen LogP contribution is 2.27. The Hall–Kier alpha value is -1.67. The van der Waals surface area contributed by atoms with E-state index in [0.717, 1.165) is 0 Å². The fourth-order valence-electron chi connectivity index (χ4n) is 1.85. The number of hydrogen-bond acceptors (Lipinski definition) is 7. The van der Waals surface area contributed by atoms with Gasteiger partial charge in [0.05, 0.1) is 6.07 Å². The quantitative estimate of drug-likeness (QED) is 0.596. The Morgan fingerprint density at radius 2 is 2.40 bits per heavy atom. The zero-order chi connectivity index (χ0) is 14.8. The van der Waals surface area contributed by atoms with Crippen LogP contribution in [0.2, 0.25) is 0 Å². The number of nitriles is 1. The van der Waals surface area contributed by atoms with Gasteiger partial charge in [-0.2, -0.15) is 14.6 Å². The third kappa shape index (κ3) is 2.36. The van der Waals surface area contributed by atoms with Crippen LogP contribution >= 0.6 is 11.3 Å². The van der Waals surface area contributed by atoms with E-state index in [2.05, 4.69) is 10.4 Å². The molecule has 108 valence electrons. The molecule has 2 aromatic rings. The number of nitrogen functional groups attached to an aromatic ring is 1. The molecule has 0 aliphatic rings. The van der Waals surface area contributed by atoms with Crippen LogP contribution in [0.1, 0.15) is 13.3 Å². The molecule has 0 spiro atoms. The average molecular weight is 314 g/mol. The van der Waals surface area contributed by atoms with Crippen molar-refractivity contribution in [2.24, 2.45) is 5.84 Å². The van der Waals surface area contributed by atoms with Crippen LogP contribution in [0, 0.1) is 11.3 Å². The van der Waals surface area contributed by atoms with Crippen molar-refractivity contribution in [2.75, 3.05) is 18.5 Å². The molecule has 8 nitrogen and oxygen atoms in total. The molecular formula is C10H14N6O2S2. The molecule has 0 fully saturated rings. The number of fused-ring (bicyclic) bond motifs is 1. The summed E-state index contributed by atoms with van der Waals surface area (Å²) in [5.74, 6) is 5.46. The number of nitrogens with one attached hydrogen (secondary N) is 1. The topological polar surface area (TPSA) is 117 Å². The molecule has 0 atom stereocenters. The maximum Gasteiger partial charge on any atom is 0.262 e. The van der Waals surface area contributed by atoms with Crippen molar-refractivity contribution in [3.63, 3.8) is 0 Å². The summed E-state index contributed by atoms with van der Waals surface area (Å²) < 4.78 is 28.1. The Balaban J connectivity index is 2.55. The van der Waals surface area contributed by atoms with E-state index in [4.69, 9.17) is 11.1 Å². The number of hydrazine groups is 1. The second kappa shape index (κ2) is 5.76. The number of anilines is 1. The smallest absolute Gasteiger partial charge is 0.262 e. The molecule has 3 N–H and O–H groups in total. The van der Waals surface area contributed by atoms with Gasteiger partial charge in [0.15, 0.2) is 10.8 Å². The van der Waals surface area contributed by atoms with Gasteiger partial charge in [0.1, 0.15) is 0 Å². The Morgan fingerprint density at radius 1 is 1.65 bits per heavy atom. The molecule has 2 rings (SSSR count). The first-order chi connectivity index (χ1) is 9.56. The lowest BCUT2D eigenvalue weighted by molar-refractivity contribution is 0.432. The number of nitrogens with zero attached hydrogens (tertiary/aromatic N) is 4. The maximum atomic E-state index is 12.7. The van der Waals surface area contributed by atoms with Gasteiger partial charge in [-0.3, -0.25) is 4.40 Å². The van der Waals surface area contributed by atoms with E-state index >= 15 is 0 Å². The largest absolute Gasteiger partial charge is 0.306 e. The third-order valence-electron chi connectivity index (χ3n) is 2.76. The molecule has 0 radical (unpaired) electrons. The second-order valence-corrected chi connectivity index (χ2v) is 6.60. The normalized spacial score (nSPS) is 11.9. The van der Waals surface area contributed by atoms with E-state index in [1.54, 1.807) is 18.5 Å². The van der Waals surface area contributed by atoms with E-state index in [9.17, 15) is 8.42 Å². The van der Waals surface area contributed by atoms with Gasteiger partial charge in [0.2, 0.25) is 5.03 Å². The fourth-order valence-corrected chi connectivity index (χ4v) is 4.28. The number of hydrogen-bond donors (Lipinski definition) is 2. The van der Waals surface area contributed by atoms with E-state index in [1.165, 1.54) is 20.0 Å². The SMILES string of the molecule is CCN(CCC#N)S(=O)(=O)c1c(NN)nc2sccn12. The lowest BCUT2D eigenvalue weighted by Gasteiger charge is -2.19. The summed E-state index contributed by atoms with van der Waals surface area (Å²) in [6.45, 7) is 2.12. The third-order valence-corrected chi connectivity index (χ3v) is 5.52. The lowest BCUT2D eigenvalue weighted by Crippen LogP contribution is -2.33. The first-order valence-electron chi connectivity index (χ1n) is 5.85. The van der Waals surface area contributed by atoms with Gasteiger partial charge < -0.3 is 5.43 Å². The summed E-state index contributed by atoms with van der Waals surface area (Å²) in [6.07, 6.45) is 1.75. The van der Waals surface area contributed by atoms with Gasteiger partial charge >= 0.3 is 0 Å². The van der Waals surface area contributed by atoms with Crippen molar-refractivity contribution in [3.8, 4) is 6.07 Å². The van der Waals surface area contributed by atoms with Crippen LogP contribution in [0.3, 0.4) is 0 Å². The first kappa shape index (κ1) is 14.7. The number of sulfonamides is 1. The Kier molecular flexibility index (Phi) is 4.24. The molecule has 0 aliphatic carbocycles. The zero-order valence-electron chi connectivity index (χ0n) is 10.8. The molecular weight excluding hydrogens is 300 g/mol. The van der Waals surface area contributed by atoms with Crippen molar-refractivity contribution in [1.82, 2.24) is 13.7 Å². The lowest BCUT2D eigenvalue weighted by atomic mass is 10.5. The van der Waals surface area contributed by atoms with Crippen molar-refractivity contribution in [3.05, 3.63) is 11.6 Å². The van der Waals surface area contributed by atoms with Gasteiger partial charge in [-0.05, 0) is 0 Å². The summed E-state index contributed by atoms with van der Waals surface area (Å²) in [5, 5.41) is 10.4. The average Bonchev–Trinajstić information content (AvgIpc) is 2.98. The van der Waals surface area contributed by atoms with Crippen LogP contribution in [0.5, 0.6) is 0 Å². The van der Waals surface area contributed by atoms with Gasteiger partial charge in [0, 0.05) is 31.1 Å². The summed E-state index contributed by atoms with van der Waals surface area (Å²) in [5.41, 5.74) is 2.32. The predicted octanol–water partition coefficient (Wildman–Crippen LogP) is 0.606. The molecule has 0 bridgehead atoms. The summed E-state index contributed by atoms with van der Waals surface area (Å²) in [6, 6.07) is 1.94. The number of aromatic nitrogens is 2. The number of rotatable bonds is 6. The van der Waals surface area contributed by atoms with Crippen LogP contribution in [-0.4, -0.2) is 35.2 Å². The zero-order valence-corrected chi connectivity index (χ0v) is 12.4. The van der Waals surface area contributed by atoms with Crippen molar-refractivity contribution < 1.29 is 8.42 Å². The number of thiazole rings is 1. The minimum absolute atomic E-state index is 0.00367. The van der Waals surface area contributed by atoms with Crippen molar-refractivity contribution >= 4 is 32.1 Å². The van der Waals surface area contributed by atoms with Crippen LogP contribution in [0.15, 0.2) is 16.6 Å². The summed E-state index contributed by atoms with van der Waals surface area (Å²) in [4.78, 5) is 4.66. The highest BCUT2D eigenvalue weighted by Gasteiger charge is 2.30. The molecule has 0 aromatic carbocycles. The van der Waals surface area contributed by atoms with E-state index in [-0.39, 0.29) is 30.4 Å². The molecule has 0 amide bonds. The predicted molar refractivity (Wildman–Crippen MR) is 75.5 cm³/mol. The molecule has 0 saturated carbocycles. The Labute approximate surface area is 120 Å². The number of imidazole rings is 1. The fraction of sp³-hybridized carbons (Fsp3) is 0.400. The standard InChI is InChI=1S/C10H14N6O2S2/c1-2-15(5-3-4-11)20(17,18)9-8(14-12)13-10-16(9)6-7-19-10/h6-7,14H,2-3,5,12H2,1H3. The van der Waals surface area contributed by atoms with Crippen molar-refractivity contribution in [2.45, 2.75) is 18.4 Å². The van der Waals surface area contributed by atoms with Crippen LogP contribution in [0.25, 0.3) is 4.96 Å². The van der Waals surface area contributed by atoms with E-state index in [0.29, 0.717) is 4.96 Å². The van der Waals surface area contributed by atoms with Gasteiger partial charge in [-0.15, -0.1) is 11.3 Å². The van der Waals surface area contributed by atoms with Crippen LogP contribution < -0.4 is 11.3 Å². The molecule has 0 unspecified atom stereocenters. The van der Waals surface area contributed by atoms with Gasteiger partial charge in [0.25, 0.3) is 10.0 Å². The molecule has 0 saturated heterocycles. The van der Waals surface area contributed by atoms with Crippen LogP contribution in [-0.2, 0) is 10.0 Å². The molecule has 2 aromatic heterocycles. The summed E-state index contributed by atoms with van der Waals surface area (Å²) in [7, 11) is -3.77. The monoisotopic (exact) mass is 314 g/mol. The minimum Gasteiger partial charge on any atom is -0.306 e. The molecule has 0 aliphatic heterocycles. The molecule has 2 heterocycles. The van der Waals surface area contributed by atoms with Crippen LogP contribution in [0.4, 0.5) is 5.82 Å². The number of nitrogens with two attached hydrogens (primary N) is 1. The highest BCUT2D eigenvalue weighted by atomic mass is 32.2. The van der Waals surface area contributed by atoms with E-state index < -0.39 is 10.0 Å². The molecule has 10 heteroatoms. The first-order valence-corrected chi connectivity index (χ1v) is 8.17. The van der Waals surface area contributed by atoms with Gasteiger partial charge in [-0.1, -0.05) is 6.92 Å². The van der Waals surface area contributed by atoms with E-state index in [1.807, 2.05) is 6.07 Å². The Morgan fingerprint density at radius 3 is 3.00 bits per heavy atom. The maximum absolute atomic E-state index is 12.7.